The van der Waals surface area contributed by atoms with Gasteiger partial charge < -0.3 is 10.1 Å². The highest BCUT2D eigenvalue weighted by Crippen LogP contribution is 2.16. The third-order valence-electron chi connectivity index (χ3n) is 3.30. The second kappa shape index (κ2) is 11.5. The molecule has 0 atom stereocenters. The Balaban J connectivity index is 2.04. The minimum absolute atomic E-state index is 0.339. The summed E-state index contributed by atoms with van der Waals surface area (Å²) in [6.07, 6.45) is 10.5. The number of hydrogen-bond donors (Lipinski definition) is 1. The van der Waals surface area contributed by atoms with Crippen LogP contribution in [-0.2, 0) is 4.74 Å². The van der Waals surface area contributed by atoms with Gasteiger partial charge in [0.15, 0.2) is 10.8 Å². The molecule has 0 spiro atoms. The largest absolute Gasteiger partial charge is 0.461 e. The molecule has 0 unspecified atom stereocenters. The molecule has 0 fully saturated rings. The number of carbonyl (C=O) groups is 1. The van der Waals surface area contributed by atoms with Gasteiger partial charge in [-0.25, -0.2) is 9.78 Å². The van der Waals surface area contributed by atoms with Crippen LogP contribution in [0.25, 0.3) is 0 Å². The molecule has 21 heavy (non-hydrogen) atoms. The minimum Gasteiger partial charge on any atom is -0.461 e. The molecule has 0 saturated heterocycles. The van der Waals surface area contributed by atoms with Gasteiger partial charge >= 0.3 is 5.97 Å². The van der Waals surface area contributed by atoms with E-state index in [-0.39, 0.29) is 5.97 Å². The van der Waals surface area contributed by atoms with Gasteiger partial charge in [0, 0.05) is 11.9 Å². The number of carbonyl (C=O) groups excluding carboxylic acids is 1. The van der Waals surface area contributed by atoms with E-state index in [0.717, 1.165) is 18.1 Å². The summed E-state index contributed by atoms with van der Waals surface area (Å²) in [6.45, 7) is 5.35. The fourth-order valence-corrected chi connectivity index (χ4v) is 2.82. The summed E-state index contributed by atoms with van der Waals surface area (Å²) in [6, 6.07) is 0. The van der Waals surface area contributed by atoms with Crippen molar-refractivity contribution in [1.82, 2.24) is 4.98 Å². The fraction of sp³-hybridized carbons (Fsp3) is 0.750. The van der Waals surface area contributed by atoms with E-state index in [4.69, 9.17) is 4.74 Å². The number of unbranched alkanes of at least 4 members (excludes halogenated alkanes) is 7. The highest BCUT2D eigenvalue weighted by Gasteiger charge is 2.10. The molecule has 4 nitrogen and oxygen atoms in total. The Labute approximate surface area is 132 Å². The highest BCUT2D eigenvalue weighted by molar-refractivity contribution is 7.13. The number of rotatable bonds is 12. The zero-order valence-electron chi connectivity index (χ0n) is 13.3. The van der Waals surface area contributed by atoms with Gasteiger partial charge in [-0.3, -0.25) is 0 Å². The summed E-state index contributed by atoms with van der Waals surface area (Å²) in [5, 5.41) is 5.82. The Hall–Kier alpha value is -1.10. The van der Waals surface area contributed by atoms with Crippen molar-refractivity contribution in [3.05, 3.63) is 11.1 Å². The van der Waals surface area contributed by atoms with E-state index in [9.17, 15) is 4.79 Å². The fourth-order valence-electron chi connectivity index (χ4n) is 2.11. The number of aromatic nitrogens is 1. The Morgan fingerprint density at radius 3 is 2.48 bits per heavy atom. The Morgan fingerprint density at radius 1 is 1.14 bits per heavy atom. The van der Waals surface area contributed by atoms with Crippen molar-refractivity contribution >= 4 is 22.4 Å². The van der Waals surface area contributed by atoms with Gasteiger partial charge in [-0.2, -0.15) is 0 Å². The van der Waals surface area contributed by atoms with Gasteiger partial charge in [0.2, 0.25) is 0 Å². The standard InChI is InChI=1S/C16H28N2O2S/c1-3-5-6-7-8-9-10-11-12-17-16-18-14(13-21-16)15(19)20-4-2/h13H,3-12H2,1-2H3,(H,17,18). The van der Waals surface area contributed by atoms with Crippen molar-refractivity contribution in [3.63, 3.8) is 0 Å². The molecule has 1 heterocycles. The molecule has 0 aromatic carbocycles. The summed E-state index contributed by atoms with van der Waals surface area (Å²) in [4.78, 5) is 15.7. The topological polar surface area (TPSA) is 51.2 Å². The molecule has 120 valence electrons. The summed E-state index contributed by atoms with van der Waals surface area (Å²) in [7, 11) is 0. The van der Waals surface area contributed by atoms with Gasteiger partial charge in [-0.1, -0.05) is 51.9 Å². The quantitative estimate of drug-likeness (QED) is 0.442. The van der Waals surface area contributed by atoms with Gasteiger partial charge in [0.25, 0.3) is 0 Å². The van der Waals surface area contributed by atoms with Crippen molar-refractivity contribution in [2.24, 2.45) is 0 Å². The molecule has 0 amide bonds. The lowest BCUT2D eigenvalue weighted by molar-refractivity contribution is 0.0520. The third kappa shape index (κ3) is 8.05. The Bertz CT molecular complexity index is 393. The summed E-state index contributed by atoms with van der Waals surface area (Å²) in [5.74, 6) is -0.339. The number of ether oxygens (including phenoxy) is 1. The number of anilines is 1. The van der Waals surface area contributed by atoms with Crippen LogP contribution in [0.1, 0.15) is 75.7 Å². The monoisotopic (exact) mass is 312 g/mol. The molecule has 0 aliphatic carbocycles. The van der Waals surface area contributed by atoms with Crippen molar-refractivity contribution in [2.45, 2.75) is 65.2 Å². The van der Waals surface area contributed by atoms with Crippen LogP contribution in [-0.4, -0.2) is 24.1 Å². The van der Waals surface area contributed by atoms with E-state index in [1.54, 1.807) is 12.3 Å². The predicted molar refractivity (Wildman–Crippen MR) is 89.2 cm³/mol. The van der Waals surface area contributed by atoms with Gasteiger partial charge in [0.05, 0.1) is 6.61 Å². The van der Waals surface area contributed by atoms with Crippen molar-refractivity contribution in [3.8, 4) is 0 Å². The van der Waals surface area contributed by atoms with Gasteiger partial charge in [-0.15, -0.1) is 11.3 Å². The van der Waals surface area contributed by atoms with Crippen LogP contribution in [0, 0.1) is 0 Å². The molecule has 0 aliphatic heterocycles. The molecule has 5 heteroatoms. The van der Waals surface area contributed by atoms with Crippen LogP contribution in [0.2, 0.25) is 0 Å². The lowest BCUT2D eigenvalue weighted by atomic mass is 10.1. The first-order valence-corrected chi connectivity index (χ1v) is 9.02. The minimum atomic E-state index is -0.339. The summed E-state index contributed by atoms with van der Waals surface area (Å²) in [5.41, 5.74) is 0.403. The number of nitrogens with one attached hydrogen (secondary N) is 1. The normalized spacial score (nSPS) is 10.6. The second-order valence-electron chi connectivity index (χ2n) is 5.16. The smallest absolute Gasteiger partial charge is 0.357 e. The lowest BCUT2D eigenvalue weighted by Crippen LogP contribution is -2.06. The van der Waals surface area contributed by atoms with E-state index < -0.39 is 0 Å². The van der Waals surface area contributed by atoms with Crippen LogP contribution in [0.4, 0.5) is 5.13 Å². The Morgan fingerprint density at radius 2 is 1.81 bits per heavy atom. The molecular formula is C16H28N2O2S. The van der Waals surface area contributed by atoms with Gasteiger partial charge in [-0.05, 0) is 13.3 Å². The van der Waals surface area contributed by atoms with E-state index in [0.29, 0.717) is 12.3 Å². The van der Waals surface area contributed by atoms with Gasteiger partial charge in [0.1, 0.15) is 0 Å². The molecule has 0 aliphatic rings. The van der Waals surface area contributed by atoms with Crippen LogP contribution in [0.5, 0.6) is 0 Å². The number of nitrogens with zero attached hydrogens (tertiary/aromatic N) is 1. The first-order valence-electron chi connectivity index (χ1n) is 8.14. The zero-order chi connectivity index (χ0) is 15.3. The van der Waals surface area contributed by atoms with Crippen LogP contribution >= 0.6 is 11.3 Å². The van der Waals surface area contributed by atoms with E-state index >= 15 is 0 Å². The molecule has 1 N–H and O–H groups in total. The third-order valence-corrected chi connectivity index (χ3v) is 4.10. The predicted octanol–water partition coefficient (Wildman–Crippen LogP) is 4.87. The molecule has 1 rings (SSSR count). The average Bonchev–Trinajstić information content (AvgIpc) is 2.95. The molecule has 1 aromatic heterocycles. The van der Waals surface area contributed by atoms with Crippen LogP contribution < -0.4 is 5.32 Å². The first kappa shape index (κ1) is 18.0. The number of thiazole rings is 1. The molecule has 0 saturated carbocycles. The van der Waals surface area contributed by atoms with E-state index in [1.807, 2.05) is 0 Å². The number of hydrogen-bond acceptors (Lipinski definition) is 5. The van der Waals surface area contributed by atoms with Crippen LogP contribution in [0.15, 0.2) is 5.38 Å². The first-order chi connectivity index (χ1) is 10.3. The molecule has 1 aromatic rings. The van der Waals surface area contributed by atoms with Crippen molar-refractivity contribution < 1.29 is 9.53 Å². The maximum absolute atomic E-state index is 11.5. The van der Waals surface area contributed by atoms with E-state index in [1.165, 1.54) is 56.3 Å². The summed E-state index contributed by atoms with van der Waals surface area (Å²) >= 11 is 1.46. The van der Waals surface area contributed by atoms with Crippen LogP contribution in [0.3, 0.4) is 0 Å². The maximum Gasteiger partial charge on any atom is 0.357 e. The SMILES string of the molecule is CCCCCCCCCCNc1nc(C(=O)OCC)cs1. The highest BCUT2D eigenvalue weighted by atomic mass is 32.1. The number of esters is 1. The zero-order valence-corrected chi connectivity index (χ0v) is 14.1. The molecule has 0 bridgehead atoms. The van der Waals surface area contributed by atoms with Crippen molar-refractivity contribution in [2.75, 3.05) is 18.5 Å². The average molecular weight is 312 g/mol. The molecule has 0 radical (unpaired) electrons. The second-order valence-corrected chi connectivity index (χ2v) is 6.02. The maximum atomic E-state index is 11.5. The lowest BCUT2D eigenvalue weighted by Gasteiger charge is -2.03. The summed E-state index contributed by atoms with van der Waals surface area (Å²) < 4.78 is 4.92. The van der Waals surface area contributed by atoms with E-state index in [2.05, 4.69) is 17.2 Å². The molecular weight excluding hydrogens is 284 g/mol. The Kier molecular flexibility index (Phi) is 9.87. The van der Waals surface area contributed by atoms with Crippen molar-refractivity contribution in [1.29, 1.82) is 0 Å².